The van der Waals surface area contributed by atoms with Gasteiger partial charge in [0, 0.05) is 19.2 Å². The van der Waals surface area contributed by atoms with Crippen LogP contribution in [0.5, 0.6) is 0 Å². The molecule has 0 aromatic heterocycles. The van der Waals surface area contributed by atoms with Crippen molar-refractivity contribution in [3.05, 3.63) is 0 Å². The lowest BCUT2D eigenvalue weighted by atomic mass is 9.93. The fraction of sp³-hybridized carbons (Fsp3) is 1.00. The van der Waals surface area contributed by atoms with Crippen LogP contribution in [-0.2, 0) is 9.47 Å². The standard InChI is InChI=1S/C15H29NO2/c1-15(2,3)8-9-17-11-14-7-6-13(18-14)10-16-12-4-5-12/h12-14,16H,4-11H2,1-3H3. The topological polar surface area (TPSA) is 30.5 Å². The molecule has 18 heavy (non-hydrogen) atoms. The highest BCUT2D eigenvalue weighted by atomic mass is 16.5. The Hall–Kier alpha value is -0.120. The van der Waals surface area contributed by atoms with Crippen molar-refractivity contribution in [2.45, 2.75) is 71.1 Å². The van der Waals surface area contributed by atoms with Crippen LogP contribution in [0.25, 0.3) is 0 Å². The minimum absolute atomic E-state index is 0.330. The second-order valence-electron chi connectivity index (χ2n) is 7.03. The van der Waals surface area contributed by atoms with E-state index in [2.05, 4.69) is 26.1 Å². The van der Waals surface area contributed by atoms with Crippen molar-refractivity contribution >= 4 is 0 Å². The first-order chi connectivity index (χ1) is 8.53. The van der Waals surface area contributed by atoms with E-state index in [-0.39, 0.29) is 0 Å². The molecule has 1 N–H and O–H groups in total. The Labute approximate surface area is 112 Å². The Morgan fingerprint density at radius 1 is 1.11 bits per heavy atom. The van der Waals surface area contributed by atoms with Crippen LogP contribution >= 0.6 is 0 Å². The van der Waals surface area contributed by atoms with Gasteiger partial charge in [-0.2, -0.15) is 0 Å². The lowest BCUT2D eigenvalue weighted by Crippen LogP contribution is -2.29. The van der Waals surface area contributed by atoms with E-state index in [1.165, 1.54) is 19.3 Å². The predicted molar refractivity (Wildman–Crippen MR) is 73.8 cm³/mol. The summed E-state index contributed by atoms with van der Waals surface area (Å²) in [5.74, 6) is 0. The number of rotatable bonds is 7. The third-order valence-corrected chi connectivity index (χ3v) is 3.71. The lowest BCUT2D eigenvalue weighted by molar-refractivity contribution is -0.0186. The lowest BCUT2D eigenvalue weighted by Gasteiger charge is -2.19. The first kappa shape index (κ1) is 14.3. The summed E-state index contributed by atoms with van der Waals surface area (Å²) in [6.45, 7) is 9.42. The van der Waals surface area contributed by atoms with Crippen molar-refractivity contribution in [2.24, 2.45) is 5.41 Å². The molecule has 0 bridgehead atoms. The highest BCUT2D eigenvalue weighted by Gasteiger charge is 2.28. The van der Waals surface area contributed by atoms with E-state index in [4.69, 9.17) is 9.47 Å². The van der Waals surface area contributed by atoms with E-state index in [1.54, 1.807) is 0 Å². The zero-order valence-electron chi connectivity index (χ0n) is 12.2. The Morgan fingerprint density at radius 2 is 1.83 bits per heavy atom. The maximum atomic E-state index is 5.98. The highest BCUT2D eigenvalue weighted by Crippen LogP contribution is 2.23. The molecule has 1 aliphatic carbocycles. The summed E-state index contributed by atoms with van der Waals surface area (Å²) in [7, 11) is 0. The molecule has 0 amide bonds. The SMILES string of the molecule is CC(C)(C)CCOCC1CCC(CNC2CC2)O1. The van der Waals surface area contributed by atoms with Crippen LogP contribution in [0.1, 0.15) is 52.9 Å². The van der Waals surface area contributed by atoms with Gasteiger partial charge in [0.2, 0.25) is 0 Å². The van der Waals surface area contributed by atoms with Gasteiger partial charge in [0.15, 0.2) is 0 Å². The molecule has 2 rings (SSSR count). The summed E-state index contributed by atoms with van der Waals surface area (Å²) in [6, 6.07) is 0.788. The maximum absolute atomic E-state index is 5.98. The van der Waals surface area contributed by atoms with Gasteiger partial charge in [0.05, 0.1) is 18.8 Å². The molecule has 0 radical (unpaired) electrons. The minimum atomic E-state index is 0.330. The molecule has 3 nitrogen and oxygen atoms in total. The second-order valence-corrected chi connectivity index (χ2v) is 7.03. The van der Waals surface area contributed by atoms with Gasteiger partial charge in [0.25, 0.3) is 0 Å². The zero-order chi connectivity index (χ0) is 13.0. The summed E-state index contributed by atoms with van der Waals surface area (Å²) >= 11 is 0. The van der Waals surface area contributed by atoms with E-state index < -0.39 is 0 Å². The van der Waals surface area contributed by atoms with Crippen molar-refractivity contribution in [1.82, 2.24) is 5.32 Å². The molecule has 0 aromatic carbocycles. The van der Waals surface area contributed by atoms with Gasteiger partial charge in [-0.1, -0.05) is 20.8 Å². The normalized spacial score (nSPS) is 28.8. The second kappa shape index (κ2) is 6.36. The van der Waals surface area contributed by atoms with Crippen LogP contribution in [0.4, 0.5) is 0 Å². The van der Waals surface area contributed by atoms with Crippen molar-refractivity contribution in [2.75, 3.05) is 19.8 Å². The van der Waals surface area contributed by atoms with Gasteiger partial charge in [-0.25, -0.2) is 0 Å². The Morgan fingerprint density at radius 3 is 2.50 bits per heavy atom. The van der Waals surface area contributed by atoms with Gasteiger partial charge in [0.1, 0.15) is 0 Å². The molecule has 2 fully saturated rings. The quantitative estimate of drug-likeness (QED) is 0.710. The number of ether oxygens (including phenoxy) is 2. The van der Waals surface area contributed by atoms with Crippen molar-refractivity contribution in [3.8, 4) is 0 Å². The van der Waals surface area contributed by atoms with Crippen molar-refractivity contribution in [3.63, 3.8) is 0 Å². The minimum Gasteiger partial charge on any atom is -0.379 e. The average molecular weight is 255 g/mol. The third kappa shape index (κ3) is 5.68. The van der Waals surface area contributed by atoms with E-state index in [1.807, 2.05) is 0 Å². The van der Waals surface area contributed by atoms with E-state index in [9.17, 15) is 0 Å². The molecule has 106 valence electrons. The Balaban J connectivity index is 1.49. The van der Waals surface area contributed by atoms with Gasteiger partial charge < -0.3 is 14.8 Å². The van der Waals surface area contributed by atoms with Crippen LogP contribution in [0.2, 0.25) is 0 Å². The summed E-state index contributed by atoms with van der Waals surface area (Å²) in [4.78, 5) is 0. The van der Waals surface area contributed by atoms with Crippen LogP contribution in [0.3, 0.4) is 0 Å². The Kier molecular flexibility index (Phi) is 5.05. The zero-order valence-corrected chi connectivity index (χ0v) is 12.2. The smallest absolute Gasteiger partial charge is 0.0813 e. The maximum Gasteiger partial charge on any atom is 0.0813 e. The number of nitrogens with one attached hydrogen (secondary N) is 1. The number of hydrogen-bond acceptors (Lipinski definition) is 3. The average Bonchev–Trinajstić information content (AvgIpc) is 3.00. The molecule has 1 heterocycles. The number of hydrogen-bond donors (Lipinski definition) is 1. The first-order valence-electron chi connectivity index (χ1n) is 7.49. The van der Waals surface area contributed by atoms with E-state index >= 15 is 0 Å². The molecule has 3 heteroatoms. The Bertz CT molecular complexity index is 245. The molecule has 1 saturated heterocycles. The van der Waals surface area contributed by atoms with Crippen molar-refractivity contribution < 1.29 is 9.47 Å². The predicted octanol–water partition coefficient (Wildman–Crippen LogP) is 2.74. The first-order valence-corrected chi connectivity index (χ1v) is 7.49. The molecule has 1 saturated carbocycles. The van der Waals surface area contributed by atoms with Gasteiger partial charge in [-0.05, 0) is 37.5 Å². The molecule has 0 aromatic rings. The third-order valence-electron chi connectivity index (χ3n) is 3.71. The summed E-state index contributed by atoms with van der Waals surface area (Å²) in [5, 5.41) is 3.54. The van der Waals surface area contributed by atoms with Crippen LogP contribution in [0.15, 0.2) is 0 Å². The fourth-order valence-corrected chi connectivity index (χ4v) is 2.23. The molecule has 2 unspecified atom stereocenters. The van der Waals surface area contributed by atoms with E-state index in [0.717, 1.165) is 38.6 Å². The van der Waals surface area contributed by atoms with Gasteiger partial charge in [-0.15, -0.1) is 0 Å². The summed E-state index contributed by atoms with van der Waals surface area (Å²) in [6.07, 6.45) is 6.92. The van der Waals surface area contributed by atoms with Crippen molar-refractivity contribution in [1.29, 1.82) is 0 Å². The molecular weight excluding hydrogens is 226 g/mol. The van der Waals surface area contributed by atoms with Gasteiger partial charge >= 0.3 is 0 Å². The molecule has 0 spiro atoms. The molecule has 2 aliphatic rings. The summed E-state index contributed by atoms with van der Waals surface area (Å²) < 4.78 is 11.7. The van der Waals surface area contributed by atoms with Crippen LogP contribution in [-0.4, -0.2) is 38.0 Å². The largest absolute Gasteiger partial charge is 0.379 e. The molecular formula is C15H29NO2. The van der Waals surface area contributed by atoms with Crippen LogP contribution in [0, 0.1) is 5.41 Å². The monoisotopic (exact) mass is 255 g/mol. The molecule has 2 atom stereocenters. The highest BCUT2D eigenvalue weighted by molar-refractivity contribution is 4.84. The van der Waals surface area contributed by atoms with Gasteiger partial charge in [-0.3, -0.25) is 0 Å². The summed E-state index contributed by atoms with van der Waals surface area (Å²) in [5.41, 5.74) is 0.368. The van der Waals surface area contributed by atoms with Crippen LogP contribution < -0.4 is 5.32 Å². The van der Waals surface area contributed by atoms with E-state index in [0.29, 0.717) is 17.6 Å². The molecule has 1 aliphatic heterocycles. The fourth-order valence-electron chi connectivity index (χ4n) is 2.23.